The second-order valence-corrected chi connectivity index (χ2v) is 3.10. The minimum atomic E-state index is -4.43. The summed E-state index contributed by atoms with van der Waals surface area (Å²) in [6, 6.07) is 0.800. The molecule has 0 bridgehead atoms. The lowest BCUT2D eigenvalue weighted by molar-refractivity contribution is -0.138. The summed E-state index contributed by atoms with van der Waals surface area (Å²) >= 11 is 1.46. The van der Waals surface area contributed by atoms with E-state index in [1.54, 1.807) is 0 Å². The molecule has 3 N–H and O–H groups in total. The minimum Gasteiger partial charge on any atom is -0.307 e. The molecule has 0 radical (unpaired) electrons. The van der Waals surface area contributed by atoms with Gasteiger partial charge in [0.15, 0.2) is 5.82 Å². The quantitative estimate of drug-likeness (QED) is 0.467. The second-order valence-electron chi connectivity index (χ2n) is 2.08. The summed E-state index contributed by atoms with van der Waals surface area (Å²) in [5.74, 6) is 4.77. The first-order valence-electron chi connectivity index (χ1n) is 3.02. The van der Waals surface area contributed by atoms with Crippen LogP contribution >= 0.6 is 22.6 Å². The van der Waals surface area contributed by atoms with Crippen LogP contribution in [0.2, 0.25) is 0 Å². The molecular formula is C5H4F3IN4. The SMILES string of the molecule is NNc1cc(C(F)(F)F)c(I)nn1. The van der Waals surface area contributed by atoms with Crippen LogP contribution < -0.4 is 11.3 Å². The lowest BCUT2D eigenvalue weighted by Crippen LogP contribution is -2.14. The Balaban J connectivity index is 3.19. The molecule has 0 aliphatic rings. The van der Waals surface area contributed by atoms with E-state index < -0.39 is 11.7 Å². The first-order chi connectivity index (χ1) is 5.95. The number of hydrogen-bond donors (Lipinski definition) is 2. The molecule has 0 fully saturated rings. The molecule has 1 aromatic heterocycles. The van der Waals surface area contributed by atoms with E-state index in [2.05, 4.69) is 10.2 Å². The molecule has 13 heavy (non-hydrogen) atoms. The Bertz CT molecular complexity index is 313. The predicted octanol–water partition coefficient (Wildman–Crippen LogP) is 1.39. The Labute approximate surface area is 84.8 Å². The summed E-state index contributed by atoms with van der Waals surface area (Å²) in [4.78, 5) is 0. The summed E-state index contributed by atoms with van der Waals surface area (Å²) in [6.07, 6.45) is -4.43. The summed E-state index contributed by atoms with van der Waals surface area (Å²) in [5.41, 5.74) is 1.14. The van der Waals surface area contributed by atoms with E-state index >= 15 is 0 Å². The number of nitrogen functional groups attached to an aromatic ring is 1. The van der Waals surface area contributed by atoms with Crippen molar-refractivity contribution in [3.05, 3.63) is 15.3 Å². The third-order valence-electron chi connectivity index (χ3n) is 1.20. The molecule has 72 valence electrons. The molecule has 0 spiro atoms. The van der Waals surface area contributed by atoms with Gasteiger partial charge in [-0.05, 0) is 28.7 Å². The normalized spacial score (nSPS) is 11.5. The van der Waals surface area contributed by atoms with Gasteiger partial charge in [0.05, 0.1) is 5.56 Å². The van der Waals surface area contributed by atoms with Crippen molar-refractivity contribution >= 4 is 28.4 Å². The molecule has 0 saturated heterocycles. The number of aromatic nitrogens is 2. The third kappa shape index (κ3) is 2.40. The molecule has 4 nitrogen and oxygen atoms in total. The first-order valence-corrected chi connectivity index (χ1v) is 4.10. The molecule has 0 aliphatic heterocycles. The van der Waals surface area contributed by atoms with E-state index in [0.717, 1.165) is 6.07 Å². The topological polar surface area (TPSA) is 63.8 Å². The standard InChI is InChI=1S/C5H4F3IN4/c6-5(7,8)2-1-3(11-10)12-13-4(2)9/h1H,10H2,(H,11,12). The van der Waals surface area contributed by atoms with E-state index in [1.165, 1.54) is 22.6 Å². The van der Waals surface area contributed by atoms with Gasteiger partial charge in [-0.25, -0.2) is 5.84 Å². The second kappa shape index (κ2) is 3.62. The van der Waals surface area contributed by atoms with Crippen LogP contribution in [0.1, 0.15) is 5.56 Å². The number of anilines is 1. The Morgan fingerprint density at radius 2 is 2.00 bits per heavy atom. The van der Waals surface area contributed by atoms with Gasteiger partial charge in [0.25, 0.3) is 0 Å². The maximum atomic E-state index is 12.2. The van der Waals surface area contributed by atoms with Crippen molar-refractivity contribution in [2.75, 3.05) is 5.43 Å². The Hall–Kier alpha value is -0.640. The van der Waals surface area contributed by atoms with Crippen molar-refractivity contribution in [2.24, 2.45) is 5.84 Å². The zero-order valence-corrected chi connectivity index (χ0v) is 8.22. The van der Waals surface area contributed by atoms with E-state index in [9.17, 15) is 13.2 Å². The molecule has 0 aliphatic carbocycles. The Morgan fingerprint density at radius 3 is 2.46 bits per heavy atom. The van der Waals surface area contributed by atoms with Crippen molar-refractivity contribution < 1.29 is 13.2 Å². The van der Waals surface area contributed by atoms with Gasteiger partial charge in [-0.2, -0.15) is 13.2 Å². The first kappa shape index (κ1) is 10.4. The smallest absolute Gasteiger partial charge is 0.307 e. The highest BCUT2D eigenvalue weighted by Crippen LogP contribution is 2.32. The molecule has 0 atom stereocenters. The van der Waals surface area contributed by atoms with Gasteiger partial charge in [0, 0.05) is 0 Å². The van der Waals surface area contributed by atoms with Crippen molar-refractivity contribution in [2.45, 2.75) is 6.18 Å². The molecule has 8 heteroatoms. The van der Waals surface area contributed by atoms with E-state index in [0.29, 0.717) is 0 Å². The van der Waals surface area contributed by atoms with Crippen LogP contribution in [0.4, 0.5) is 19.0 Å². The average molecular weight is 304 g/mol. The fraction of sp³-hybridized carbons (Fsp3) is 0.200. The van der Waals surface area contributed by atoms with Crippen molar-refractivity contribution in [3.8, 4) is 0 Å². The molecule has 1 aromatic rings. The molecule has 0 unspecified atom stereocenters. The van der Waals surface area contributed by atoms with E-state index in [4.69, 9.17) is 5.84 Å². The van der Waals surface area contributed by atoms with Crippen LogP contribution in [0.25, 0.3) is 0 Å². The lowest BCUT2D eigenvalue weighted by Gasteiger charge is -2.08. The third-order valence-corrected chi connectivity index (χ3v) is 2.00. The zero-order valence-electron chi connectivity index (χ0n) is 6.06. The maximum Gasteiger partial charge on any atom is 0.419 e. The molecule has 1 heterocycles. The molecule has 0 saturated carbocycles. The predicted molar refractivity (Wildman–Crippen MR) is 47.6 cm³/mol. The number of halogens is 4. The highest BCUT2D eigenvalue weighted by Gasteiger charge is 2.34. The number of nitrogens with zero attached hydrogens (tertiary/aromatic N) is 2. The average Bonchev–Trinajstić information content (AvgIpc) is 2.03. The van der Waals surface area contributed by atoms with Crippen LogP contribution in [0.15, 0.2) is 6.07 Å². The minimum absolute atomic E-state index is 0.118. The molecule has 0 aromatic carbocycles. The van der Waals surface area contributed by atoms with Crippen molar-refractivity contribution in [3.63, 3.8) is 0 Å². The van der Waals surface area contributed by atoms with Gasteiger partial charge in [-0.1, -0.05) is 0 Å². The van der Waals surface area contributed by atoms with Gasteiger partial charge in [-0.15, -0.1) is 10.2 Å². The fourth-order valence-electron chi connectivity index (χ4n) is 0.646. The summed E-state index contributed by atoms with van der Waals surface area (Å²) < 4.78 is 36.5. The van der Waals surface area contributed by atoms with Crippen molar-refractivity contribution in [1.82, 2.24) is 10.2 Å². The van der Waals surface area contributed by atoms with E-state index in [1.807, 2.05) is 5.43 Å². The number of nitrogens with two attached hydrogens (primary N) is 1. The van der Waals surface area contributed by atoms with Crippen LogP contribution in [0, 0.1) is 3.70 Å². The number of hydrazine groups is 1. The van der Waals surface area contributed by atoms with Gasteiger partial charge in [-0.3, -0.25) is 0 Å². The number of alkyl halides is 3. The van der Waals surface area contributed by atoms with Crippen LogP contribution in [-0.4, -0.2) is 10.2 Å². The summed E-state index contributed by atoms with van der Waals surface area (Å²) in [5, 5.41) is 6.67. The van der Waals surface area contributed by atoms with E-state index in [-0.39, 0.29) is 9.52 Å². The fourth-order valence-corrected chi connectivity index (χ4v) is 1.22. The molecular weight excluding hydrogens is 300 g/mol. The Morgan fingerprint density at radius 1 is 1.38 bits per heavy atom. The van der Waals surface area contributed by atoms with Gasteiger partial charge in [0.1, 0.15) is 3.70 Å². The highest BCUT2D eigenvalue weighted by atomic mass is 127. The number of hydrogen-bond acceptors (Lipinski definition) is 4. The Kier molecular flexibility index (Phi) is 2.91. The van der Waals surface area contributed by atoms with Crippen LogP contribution in [-0.2, 0) is 6.18 Å². The van der Waals surface area contributed by atoms with Gasteiger partial charge >= 0.3 is 6.18 Å². The van der Waals surface area contributed by atoms with Gasteiger partial charge < -0.3 is 5.43 Å². The zero-order chi connectivity index (χ0) is 10.1. The summed E-state index contributed by atoms with van der Waals surface area (Å²) in [6.45, 7) is 0. The lowest BCUT2D eigenvalue weighted by atomic mass is 10.3. The largest absolute Gasteiger partial charge is 0.419 e. The number of nitrogens with one attached hydrogen (secondary N) is 1. The number of rotatable bonds is 1. The van der Waals surface area contributed by atoms with Crippen LogP contribution in [0.3, 0.4) is 0 Å². The monoisotopic (exact) mass is 304 g/mol. The van der Waals surface area contributed by atoms with Crippen molar-refractivity contribution in [1.29, 1.82) is 0 Å². The maximum absolute atomic E-state index is 12.2. The molecule has 1 rings (SSSR count). The highest BCUT2D eigenvalue weighted by molar-refractivity contribution is 14.1. The van der Waals surface area contributed by atoms with Gasteiger partial charge in [0.2, 0.25) is 0 Å². The molecule has 0 amide bonds. The van der Waals surface area contributed by atoms with Crippen LogP contribution in [0.5, 0.6) is 0 Å². The summed E-state index contributed by atoms with van der Waals surface area (Å²) in [7, 11) is 0.